The molecule has 0 saturated heterocycles. The zero-order valence-corrected chi connectivity index (χ0v) is 13.2. The monoisotopic (exact) mass is 369 g/mol. The highest BCUT2D eigenvalue weighted by Crippen LogP contribution is 2.21. The van der Waals surface area contributed by atoms with Crippen LogP contribution < -0.4 is 14.9 Å². The molecule has 25 heavy (non-hydrogen) atoms. The predicted molar refractivity (Wildman–Crippen MR) is 86.2 cm³/mol. The lowest BCUT2D eigenvalue weighted by atomic mass is 10.2. The number of aromatic nitrogens is 2. The summed E-state index contributed by atoms with van der Waals surface area (Å²) in [7, 11) is 0. The number of aromatic amines is 1. The number of H-pyrrole nitrogens is 1. The summed E-state index contributed by atoms with van der Waals surface area (Å²) in [5, 5.41) is 2.61. The number of amides is 1. The number of thiazole rings is 1. The van der Waals surface area contributed by atoms with Crippen LogP contribution in [0.1, 0.15) is 10.4 Å². The van der Waals surface area contributed by atoms with Gasteiger partial charge < -0.3 is 15.0 Å². The minimum atomic E-state index is -4.49. The molecule has 0 aliphatic heterocycles. The van der Waals surface area contributed by atoms with E-state index in [1.807, 2.05) is 0 Å². The van der Waals surface area contributed by atoms with E-state index in [0.717, 1.165) is 17.4 Å². The van der Waals surface area contributed by atoms with Gasteiger partial charge in [0, 0.05) is 23.5 Å². The van der Waals surface area contributed by atoms with Crippen LogP contribution in [0.5, 0.6) is 5.88 Å². The van der Waals surface area contributed by atoms with Crippen molar-refractivity contribution in [1.29, 1.82) is 0 Å². The summed E-state index contributed by atoms with van der Waals surface area (Å²) in [6.45, 7) is -1.49. The van der Waals surface area contributed by atoms with E-state index in [1.165, 1.54) is 12.3 Å². The maximum Gasteiger partial charge on any atom is 0.422 e. The van der Waals surface area contributed by atoms with E-state index in [1.54, 1.807) is 18.2 Å². The second-order valence-electron chi connectivity index (χ2n) is 4.97. The molecule has 10 heteroatoms. The second-order valence-corrected chi connectivity index (χ2v) is 5.98. The molecule has 0 fully saturated rings. The topological polar surface area (TPSA) is 84.1 Å². The molecule has 3 rings (SSSR count). The molecule has 1 aromatic carbocycles. The number of hydrogen-bond acceptors (Lipinski definition) is 5. The molecule has 2 aromatic heterocycles. The number of carbonyl (C=O) groups is 1. The van der Waals surface area contributed by atoms with Crippen LogP contribution in [0.4, 0.5) is 18.9 Å². The molecule has 0 radical (unpaired) electrons. The van der Waals surface area contributed by atoms with Crippen molar-refractivity contribution in [2.24, 2.45) is 0 Å². The molecule has 0 aliphatic rings. The Labute approximate surface area is 142 Å². The number of rotatable bonds is 4. The molecule has 3 aromatic rings. The summed E-state index contributed by atoms with van der Waals surface area (Å²) in [5.74, 6) is -0.842. The van der Waals surface area contributed by atoms with Gasteiger partial charge in [0.15, 0.2) is 6.61 Å². The number of ether oxygens (including phenoxy) is 1. The third-order valence-corrected chi connectivity index (χ3v) is 3.90. The van der Waals surface area contributed by atoms with Crippen molar-refractivity contribution in [3.63, 3.8) is 0 Å². The van der Waals surface area contributed by atoms with Crippen LogP contribution in [-0.4, -0.2) is 28.7 Å². The number of anilines is 1. The minimum absolute atomic E-state index is 0.0922. The number of benzene rings is 1. The van der Waals surface area contributed by atoms with Gasteiger partial charge in [-0.25, -0.2) is 4.98 Å². The van der Waals surface area contributed by atoms with Crippen LogP contribution in [0.25, 0.3) is 10.2 Å². The first-order valence-corrected chi connectivity index (χ1v) is 7.72. The van der Waals surface area contributed by atoms with E-state index in [4.69, 9.17) is 0 Å². The number of alkyl halides is 3. The van der Waals surface area contributed by atoms with E-state index in [9.17, 15) is 22.8 Å². The third kappa shape index (κ3) is 4.35. The van der Waals surface area contributed by atoms with Crippen molar-refractivity contribution < 1.29 is 22.7 Å². The fourth-order valence-corrected chi connectivity index (χ4v) is 2.79. The Balaban J connectivity index is 1.74. The molecule has 0 spiro atoms. The smallest absolute Gasteiger partial charge is 0.422 e. The zero-order chi connectivity index (χ0) is 18.0. The van der Waals surface area contributed by atoms with E-state index >= 15 is 0 Å². The molecule has 6 nitrogen and oxygen atoms in total. The summed E-state index contributed by atoms with van der Waals surface area (Å²) in [6.07, 6.45) is -3.31. The molecule has 130 valence electrons. The SMILES string of the molecule is O=C(Nc1ccc2[nH]c(=O)sc2c1)c1ccnc(OCC(F)(F)F)c1. The Bertz CT molecular complexity index is 981. The van der Waals surface area contributed by atoms with Gasteiger partial charge in [0.25, 0.3) is 5.91 Å². The lowest BCUT2D eigenvalue weighted by Crippen LogP contribution is -2.20. The number of nitrogens with zero attached hydrogens (tertiary/aromatic N) is 1. The van der Waals surface area contributed by atoms with Crippen LogP contribution in [0.15, 0.2) is 41.3 Å². The van der Waals surface area contributed by atoms with Crippen molar-refractivity contribution in [2.45, 2.75) is 6.18 Å². The van der Waals surface area contributed by atoms with Gasteiger partial charge in [-0.05, 0) is 24.3 Å². The van der Waals surface area contributed by atoms with Crippen molar-refractivity contribution in [2.75, 3.05) is 11.9 Å². The summed E-state index contributed by atoms with van der Waals surface area (Å²) in [6, 6.07) is 7.34. The lowest BCUT2D eigenvalue weighted by molar-refractivity contribution is -0.154. The molecule has 0 unspecified atom stereocenters. The Morgan fingerprint density at radius 3 is 2.84 bits per heavy atom. The van der Waals surface area contributed by atoms with Crippen molar-refractivity contribution >= 4 is 33.1 Å². The summed E-state index contributed by atoms with van der Waals surface area (Å²) >= 11 is 1.00. The Morgan fingerprint density at radius 1 is 1.28 bits per heavy atom. The Morgan fingerprint density at radius 2 is 2.08 bits per heavy atom. The highest BCUT2D eigenvalue weighted by molar-refractivity contribution is 7.16. The molecular formula is C15H10F3N3O3S. The molecule has 0 atom stereocenters. The first-order valence-electron chi connectivity index (χ1n) is 6.90. The largest absolute Gasteiger partial charge is 0.468 e. The Hall–Kier alpha value is -2.88. The molecule has 0 saturated carbocycles. The van der Waals surface area contributed by atoms with Gasteiger partial charge >= 0.3 is 11.0 Å². The molecule has 0 aliphatic carbocycles. The van der Waals surface area contributed by atoms with E-state index in [0.29, 0.717) is 15.9 Å². The maximum atomic E-state index is 12.2. The molecular weight excluding hydrogens is 359 g/mol. The highest BCUT2D eigenvalue weighted by Gasteiger charge is 2.28. The second kappa shape index (κ2) is 6.55. The lowest BCUT2D eigenvalue weighted by Gasteiger charge is -2.09. The standard InChI is InChI=1S/C15H10F3N3O3S/c16-15(17,18)7-24-12-5-8(3-4-19-12)13(22)20-9-1-2-10-11(6-9)25-14(23)21-10/h1-6H,7H2,(H,20,22)(H,21,23). The minimum Gasteiger partial charge on any atom is -0.468 e. The van der Waals surface area contributed by atoms with E-state index in [-0.39, 0.29) is 16.3 Å². The van der Waals surface area contributed by atoms with E-state index < -0.39 is 18.7 Å². The Kier molecular flexibility index (Phi) is 4.45. The fraction of sp³-hybridized carbons (Fsp3) is 0.133. The van der Waals surface area contributed by atoms with Crippen LogP contribution in [0, 0.1) is 0 Å². The normalized spacial score (nSPS) is 11.5. The zero-order valence-electron chi connectivity index (χ0n) is 12.4. The van der Waals surface area contributed by atoms with Crippen LogP contribution >= 0.6 is 11.3 Å². The first kappa shape index (κ1) is 17.0. The van der Waals surface area contributed by atoms with Crippen molar-refractivity contribution in [3.05, 3.63) is 51.8 Å². The maximum absolute atomic E-state index is 12.2. The summed E-state index contributed by atoms with van der Waals surface area (Å²) < 4.78 is 41.7. The number of hydrogen-bond donors (Lipinski definition) is 2. The molecule has 1 amide bonds. The van der Waals surface area contributed by atoms with Crippen molar-refractivity contribution in [1.82, 2.24) is 9.97 Å². The predicted octanol–water partition coefficient (Wildman–Crippen LogP) is 3.18. The van der Waals surface area contributed by atoms with Gasteiger partial charge in [-0.1, -0.05) is 11.3 Å². The van der Waals surface area contributed by atoms with Gasteiger partial charge in [0.05, 0.1) is 10.2 Å². The number of nitrogens with one attached hydrogen (secondary N) is 2. The summed E-state index contributed by atoms with van der Waals surface area (Å²) in [4.78, 5) is 29.6. The number of halogens is 3. The van der Waals surface area contributed by atoms with Gasteiger partial charge in [0.2, 0.25) is 5.88 Å². The third-order valence-electron chi connectivity index (χ3n) is 3.06. The van der Waals surface area contributed by atoms with Crippen LogP contribution in [0.2, 0.25) is 0 Å². The van der Waals surface area contributed by atoms with Crippen LogP contribution in [0.3, 0.4) is 0 Å². The quantitative estimate of drug-likeness (QED) is 0.740. The first-order chi connectivity index (χ1) is 11.8. The number of fused-ring (bicyclic) bond motifs is 1. The van der Waals surface area contributed by atoms with Crippen LogP contribution in [-0.2, 0) is 0 Å². The van der Waals surface area contributed by atoms with Gasteiger partial charge in [-0.2, -0.15) is 13.2 Å². The molecule has 2 heterocycles. The number of carbonyl (C=O) groups excluding carboxylic acids is 1. The highest BCUT2D eigenvalue weighted by atomic mass is 32.1. The van der Waals surface area contributed by atoms with E-state index in [2.05, 4.69) is 20.0 Å². The average Bonchev–Trinajstić information content (AvgIpc) is 2.92. The fourth-order valence-electron chi connectivity index (χ4n) is 2.01. The van der Waals surface area contributed by atoms with Gasteiger partial charge in [0.1, 0.15) is 0 Å². The molecule has 0 bridgehead atoms. The average molecular weight is 369 g/mol. The van der Waals surface area contributed by atoms with Gasteiger partial charge in [-0.15, -0.1) is 0 Å². The van der Waals surface area contributed by atoms with Gasteiger partial charge in [-0.3, -0.25) is 9.59 Å². The summed E-state index contributed by atoms with van der Waals surface area (Å²) in [5.41, 5.74) is 1.19. The molecule has 2 N–H and O–H groups in total. The number of pyridine rings is 1. The van der Waals surface area contributed by atoms with Crippen molar-refractivity contribution in [3.8, 4) is 5.88 Å².